The molecule has 0 spiro atoms. The standard InChI is InChI=1S/C14H24N4O/c1-4-18-13(12(15)8-16-18)14(19)17-11-6-9(2)5-10(3)7-11/h8-11H,4-7,15H2,1-3H3,(H,17,19). The number of anilines is 1. The van der Waals surface area contributed by atoms with Gasteiger partial charge < -0.3 is 11.1 Å². The zero-order valence-electron chi connectivity index (χ0n) is 12.0. The summed E-state index contributed by atoms with van der Waals surface area (Å²) in [4.78, 5) is 12.3. The summed E-state index contributed by atoms with van der Waals surface area (Å²) in [6.07, 6.45) is 4.90. The minimum absolute atomic E-state index is 0.0943. The van der Waals surface area contributed by atoms with Gasteiger partial charge in [0, 0.05) is 12.6 Å². The second-order valence-electron chi connectivity index (χ2n) is 5.85. The van der Waals surface area contributed by atoms with E-state index in [1.807, 2.05) is 6.92 Å². The first kappa shape index (κ1) is 13.9. The average Bonchev–Trinajstić information content (AvgIpc) is 2.68. The molecular weight excluding hydrogens is 240 g/mol. The molecule has 2 atom stereocenters. The van der Waals surface area contributed by atoms with Crippen LogP contribution in [-0.4, -0.2) is 21.7 Å². The van der Waals surface area contributed by atoms with Gasteiger partial charge in [-0.3, -0.25) is 9.48 Å². The van der Waals surface area contributed by atoms with Crippen molar-refractivity contribution in [1.29, 1.82) is 0 Å². The van der Waals surface area contributed by atoms with Crippen LogP contribution in [0.5, 0.6) is 0 Å². The van der Waals surface area contributed by atoms with Gasteiger partial charge >= 0.3 is 0 Å². The van der Waals surface area contributed by atoms with Crippen LogP contribution in [-0.2, 0) is 6.54 Å². The smallest absolute Gasteiger partial charge is 0.271 e. The second-order valence-corrected chi connectivity index (χ2v) is 5.85. The van der Waals surface area contributed by atoms with Gasteiger partial charge in [-0.05, 0) is 38.0 Å². The number of nitrogens with zero attached hydrogens (tertiary/aromatic N) is 2. The van der Waals surface area contributed by atoms with Crippen molar-refractivity contribution in [2.24, 2.45) is 11.8 Å². The summed E-state index contributed by atoms with van der Waals surface area (Å²) in [6, 6.07) is 0.255. The molecule has 1 aliphatic carbocycles. The third-order valence-electron chi connectivity index (χ3n) is 3.90. The molecule has 2 unspecified atom stereocenters. The van der Waals surface area contributed by atoms with Gasteiger partial charge in [0.15, 0.2) is 0 Å². The van der Waals surface area contributed by atoms with Crippen molar-refractivity contribution in [2.75, 3.05) is 5.73 Å². The molecule has 5 nitrogen and oxygen atoms in total. The summed E-state index contributed by atoms with van der Waals surface area (Å²) in [7, 11) is 0. The Morgan fingerprint density at radius 3 is 2.63 bits per heavy atom. The van der Waals surface area contributed by atoms with Crippen molar-refractivity contribution in [3.63, 3.8) is 0 Å². The molecule has 0 aliphatic heterocycles. The summed E-state index contributed by atoms with van der Waals surface area (Å²) in [5.41, 5.74) is 6.78. The van der Waals surface area contributed by atoms with Crippen LogP contribution in [0.3, 0.4) is 0 Å². The lowest BCUT2D eigenvalue weighted by atomic mass is 9.80. The zero-order valence-corrected chi connectivity index (χ0v) is 12.0. The Labute approximate surface area is 114 Å². The molecule has 0 bridgehead atoms. The molecule has 0 saturated heterocycles. The van der Waals surface area contributed by atoms with Crippen molar-refractivity contribution < 1.29 is 4.79 Å². The number of aryl methyl sites for hydroxylation is 1. The Bertz CT molecular complexity index is 444. The molecule has 0 aromatic carbocycles. The number of nitrogens with one attached hydrogen (secondary N) is 1. The maximum atomic E-state index is 12.3. The van der Waals surface area contributed by atoms with Crippen molar-refractivity contribution in [3.8, 4) is 0 Å². The molecule has 5 heteroatoms. The first-order valence-electron chi connectivity index (χ1n) is 7.13. The lowest BCUT2D eigenvalue weighted by molar-refractivity contribution is 0.0901. The van der Waals surface area contributed by atoms with Crippen molar-refractivity contribution in [2.45, 2.75) is 52.6 Å². The predicted octanol–water partition coefficient (Wildman–Crippen LogP) is 2.04. The highest BCUT2D eigenvalue weighted by atomic mass is 16.2. The van der Waals surface area contributed by atoms with Crippen LogP contribution in [0.15, 0.2) is 6.20 Å². The normalized spacial score (nSPS) is 27.2. The molecule has 2 rings (SSSR count). The fraction of sp³-hybridized carbons (Fsp3) is 0.714. The van der Waals surface area contributed by atoms with Crippen molar-refractivity contribution in [3.05, 3.63) is 11.9 Å². The minimum atomic E-state index is -0.0943. The Balaban J connectivity index is 2.06. The molecule has 19 heavy (non-hydrogen) atoms. The fourth-order valence-electron chi connectivity index (χ4n) is 3.21. The van der Waals surface area contributed by atoms with Crippen molar-refractivity contribution >= 4 is 11.6 Å². The van der Waals surface area contributed by atoms with E-state index in [9.17, 15) is 4.79 Å². The van der Waals surface area contributed by atoms with E-state index in [-0.39, 0.29) is 11.9 Å². The predicted molar refractivity (Wildman–Crippen MR) is 75.7 cm³/mol. The third-order valence-corrected chi connectivity index (χ3v) is 3.90. The molecule has 1 fully saturated rings. The highest BCUT2D eigenvalue weighted by Gasteiger charge is 2.26. The number of nitrogens with two attached hydrogens (primary N) is 1. The van der Waals surface area contributed by atoms with E-state index in [2.05, 4.69) is 24.3 Å². The molecule has 1 saturated carbocycles. The van der Waals surface area contributed by atoms with Gasteiger partial charge in [-0.1, -0.05) is 13.8 Å². The van der Waals surface area contributed by atoms with Gasteiger partial charge in [-0.2, -0.15) is 5.10 Å². The van der Waals surface area contributed by atoms with Gasteiger partial charge in [0.1, 0.15) is 5.69 Å². The minimum Gasteiger partial charge on any atom is -0.396 e. The van der Waals surface area contributed by atoms with E-state index in [1.54, 1.807) is 10.9 Å². The maximum Gasteiger partial charge on any atom is 0.271 e. The summed E-state index contributed by atoms with van der Waals surface area (Å²) in [5.74, 6) is 1.24. The van der Waals surface area contributed by atoms with E-state index in [1.165, 1.54) is 6.42 Å². The molecule has 1 heterocycles. The zero-order chi connectivity index (χ0) is 14.0. The first-order valence-corrected chi connectivity index (χ1v) is 7.13. The van der Waals surface area contributed by atoms with Crippen LogP contribution in [0.4, 0.5) is 5.69 Å². The van der Waals surface area contributed by atoms with Gasteiger partial charge in [-0.25, -0.2) is 0 Å². The van der Waals surface area contributed by atoms with E-state index in [0.29, 0.717) is 29.8 Å². The van der Waals surface area contributed by atoms with Gasteiger partial charge in [-0.15, -0.1) is 0 Å². The highest BCUT2D eigenvalue weighted by molar-refractivity contribution is 5.97. The summed E-state index contributed by atoms with van der Waals surface area (Å²) >= 11 is 0. The van der Waals surface area contributed by atoms with E-state index in [0.717, 1.165) is 12.8 Å². The second kappa shape index (κ2) is 5.63. The van der Waals surface area contributed by atoms with Crippen molar-refractivity contribution in [1.82, 2.24) is 15.1 Å². The van der Waals surface area contributed by atoms with Crippen LogP contribution in [0.2, 0.25) is 0 Å². The largest absolute Gasteiger partial charge is 0.396 e. The molecule has 1 aromatic heterocycles. The molecular formula is C14H24N4O. The number of hydrogen-bond acceptors (Lipinski definition) is 3. The van der Waals surface area contributed by atoms with Gasteiger partial charge in [0.25, 0.3) is 5.91 Å². The Hall–Kier alpha value is -1.52. The number of nitrogen functional groups attached to an aromatic ring is 1. The average molecular weight is 264 g/mol. The lowest BCUT2D eigenvalue weighted by Crippen LogP contribution is -2.41. The van der Waals surface area contributed by atoms with Gasteiger partial charge in [0.2, 0.25) is 0 Å². The molecule has 1 aromatic rings. The lowest BCUT2D eigenvalue weighted by Gasteiger charge is -2.32. The number of rotatable bonds is 3. The van der Waals surface area contributed by atoms with Crippen LogP contribution in [0, 0.1) is 11.8 Å². The topological polar surface area (TPSA) is 72.9 Å². The maximum absolute atomic E-state index is 12.3. The highest BCUT2D eigenvalue weighted by Crippen LogP contribution is 2.28. The molecule has 0 radical (unpaired) electrons. The number of carbonyl (C=O) groups excluding carboxylic acids is 1. The molecule has 3 N–H and O–H groups in total. The van der Waals surface area contributed by atoms with E-state index >= 15 is 0 Å². The summed E-state index contributed by atoms with van der Waals surface area (Å²) in [6.45, 7) is 7.10. The van der Waals surface area contributed by atoms with Gasteiger partial charge in [0.05, 0.1) is 11.9 Å². The van der Waals surface area contributed by atoms with Crippen LogP contribution in [0.1, 0.15) is 50.5 Å². The number of amides is 1. The summed E-state index contributed by atoms with van der Waals surface area (Å²) in [5, 5.41) is 7.23. The Kier molecular flexibility index (Phi) is 4.12. The van der Waals surface area contributed by atoms with Crippen LogP contribution in [0.25, 0.3) is 0 Å². The monoisotopic (exact) mass is 264 g/mol. The fourth-order valence-corrected chi connectivity index (χ4v) is 3.21. The summed E-state index contributed by atoms with van der Waals surface area (Å²) < 4.78 is 1.65. The quantitative estimate of drug-likeness (QED) is 0.877. The van der Waals surface area contributed by atoms with E-state index in [4.69, 9.17) is 5.73 Å². The Morgan fingerprint density at radius 1 is 1.42 bits per heavy atom. The molecule has 106 valence electrons. The number of aromatic nitrogens is 2. The SMILES string of the molecule is CCn1ncc(N)c1C(=O)NC1CC(C)CC(C)C1. The number of hydrogen-bond donors (Lipinski definition) is 2. The third kappa shape index (κ3) is 3.08. The molecule has 1 amide bonds. The van der Waals surface area contributed by atoms with Crippen LogP contribution < -0.4 is 11.1 Å². The van der Waals surface area contributed by atoms with E-state index < -0.39 is 0 Å². The number of carbonyl (C=O) groups is 1. The Morgan fingerprint density at radius 2 is 2.05 bits per heavy atom. The first-order chi connectivity index (χ1) is 9.01. The molecule has 1 aliphatic rings. The van der Waals surface area contributed by atoms with Crippen LogP contribution >= 0.6 is 0 Å².